The van der Waals surface area contributed by atoms with Crippen LogP contribution in [0.2, 0.25) is 0 Å². The molecule has 1 fully saturated rings. The summed E-state index contributed by atoms with van der Waals surface area (Å²) >= 11 is 0. The summed E-state index contributed by atoms with van der Waals surface area (Å²) in [5.74, 6) is 0.887. The van der Waals surface area contributed by atoms with E-state index < -0.39 is 5.97 Å². The number of ether oxygens (including phenoxy) is 1. The van der Waals surface area contributed by atoms with Gasteiger partial charge in [0.25, 0.3) is 0 Å². The average Bonchev–Trinajstić information content (AvgIpc) is 3.17. The van der Waals surface area contributed by atoms with Crippen molar-refractivity contribution in [2.75, 3.05) is 26.2 Å². The van der Waals surface area contributed by atoms with Gasteiger partial charge in [-0.3, -0.25) is 4.79 Å². The van der Waals surface area contributed by atoms with Crippen LogP contribution in [0.5, 0.6) is 0 Å². The fraction of sp³-hybridized carbons (Fsp3) is 0.474. The van der Waals surface area contributed by atoms with Crippen LogP contribution in [0.3, 0.4) is 0 Å². The van der Waals surface area contributed by atoms with Crippen LogP contribution in [0.1, 0.15) is 37.1 Å². The van der Waals surface area contributed by atoms with Gasteiger partial charge in [0.15, 0.2) is 0 Å². The van der Waals surface area contributed by atoms with E-state index in [0.29, 0.717) is 31.4 Å². The number of hydrogen-bond donors (Lipinski definition) is 1. The quantitative estimate of drug-likeness (QED) is 0.810. The first-order chi connectivity index (χ1) is 13.1. The molecule has 8 heteroatoms. The van der Waals surface area contributed by atoms with E-state index in [0.717, 1.165) is 18.4 Å². The summed E-state index contributed by atoms with van der Waals surface area (Å²) in [6, 6.07) is 7.71. The number of nitrogens with zero attached hydrogens (tertiary/aromatic N) is 3. The summed E-state index contributed by atoms with van der Waals surface area (Å²) in [4.78, 5) is 29.7. The van der Waals surface area contributed by atoms with Gasteiger partial charge in [0.2, 0.25) is 11.7 Å². The van der Waals surface area contributed by atoms with Gasteiger partial charge in [-0.15, -0.1) is 0 Å². The molecule has 0 bridgehead atoms. The molecule has 27 heavy (non-hydrogen) atoms. The zero-order valence-corrected chi connectivity index (χ0v) is 15.6. The van der Waals surface area contributed by atoms with Gasteiger partial charge in [-0.05, 0) is 26.7 Å². The highest BCUT2D eigenvalue weighted by molar-refractivity contribution is 5.80. The molecule has 0 saturated carbocycles. The lowest BCUT2D eigenvalue weighted by atomic mass is 9.97. The topological polar surface area (TPSA) is 97.6 Å². The zero-order chi connectivity index (χ0) is 19.2. The summed E-state index contributed by atoms with van der Waals surface area (Å²) in [5, 5.41) is 6.66. The predicted octanol–water partition coefficient (Wildman–Crippen LogP) is 2.50. The SMILES string of the molecule is CCOC(=O)CNC(=O)N1CCC(c2nc(-c3ccc(C)cc3)no2)CC1. The Morgan fingerprint density at radius 1 is 1.26 bits per heavy atom. The fourth-order valence-electron chi connectivity index (χ4n) is 3.02. The number of carbonyl (C=O) groups is 2. The van der Waals surface area contributed by atoms with Crippen LogP contribution < -0.4 is 5.32 Å². The van der Waals surface area contributed by atoms with Gasteiger partial charge in [-0.1, -0.05) is 35.0 Å². The first-order valence-corrected chi connectivity index (χ1v) is 9.16. The van der Waals surface area contributed by atoms with Crippen molar-refractivity contribution >= 4 is 12.0 Å². The fourth-order valence-corrected chi connectivity index (χ4v) is 3.02. The molecule has 2 aromatic rings. The molecule has 0 aliphatic carbocycles. The third-order valence-corrected chi connectivity index (χ3v) is 4.57. The van der Waals surface area contributed by atoms with E-state index in [1.165, 1.54) is 5.56 Å². The van der Waals surface area contributed by atoms with Crippen LogP contribution in [0.15, 0.2) is 28.8 Å². The second-order valence-corrected chi connectivity index (χ2v) is 6.55. The van der Waals surface area contributed by atoms with Crippen LogP contribution in [-0.4, -0.2) is 53.3 Å². The molecule has 0 spiro atoms. The number of esters is 1. The molecule has 2 amide bonds. The molecule has 2 heterocycles. The highest BCUT2D eigenvalue weighted by atomic mass is 16.5. The number of benzene rings is 1. The monoisotopic (exact) mass is 372 g/mol. The van der Waals surface area contributed by atoms with E-state index in [4.69, 9.17) is 9.26 Å². The molecule has 1 aromatic heterocycles. The second kappa shape index (κ2) is 8.66. The van der Waals surface area contributed by atoms with Crippen LogP contribution >= 0.6 is 0 Å². The molecule has 0 unspecified atom stereocenters. The van der Waals surface area contributed by atoms with Gasteiger partial charge in [-0.2, -0.15) is 4.98 Å². The highest BCUT2D eigenvalue weighted by Crippen LogP contribution is 2.28. The normalized spacial score (nSPS) is 14.8. The standard InChI is InChI=1S/C19H24N4O4/c1-3-26-16(24)12-20-19(25)23-10-8-15(9-11-23)18-21-17(22-27-18)14-6-4-13(2)5-7-14/h4-7,15H,3,8-12H2,1-2H3,(H,20,25). The van der Waals surface area contributed by atoms with Crippen molar-refractivity contribution in [2.24, 2.45) is 0 Å². The molecule has 3 rings (SSSR count). The molecule has 1 aliphatic rings. The molecule has 0 atom stereocenters. The summed E-state index contributed by atoms with van der Waals surface area (Å²) in [7, 11) is 0. The number of nitrogens with one attached hydrogen (secondary N) is 1. The second-order valence-electron chi connectivity index (χ2n) is 6.55. The van der Waals surface area contributed by atoms with Crippen LogP contribution in [0.25, 0.3) is 11.4 Å². The number of aromatic nitrogens is 2. The number of hydrogen-bond acceptors (Lipinski definition) is 6. The number of likely N-dealkylation sites (tertiary alicyclic amines) is 1. The molecular weight excluding hydrogens is 348 g/mol. The Morgan fingerprint density at radius 3 is 2.63 bits per heavy atom. The summed E-state index contributed by atoms with van der Waals surface area (Å²) in [6.45, 7) is 5.09. The molecule has 1 saturated heterocycles. The van der Waals surface area contributed by atoms with E-state index >= 15 is 0 Å². The molecule has 0 radical (unpaired) electrons. The maximum absolute atomic E-state index is 12.1. The molecule has 8 nitrogen and oxygen atoms in total. The van der Waals surface area contributed by atoms with Crippen molar-refractivity contribution in [3.05, 3.63) is 35.7 Å². The minimum Gasteiger partial charge on any atom is -0.465 e. The van der Waals surface area contributed by atoms with Gasteiger partial charge in [0.1, 0.15) is 6.54 Å². The molecule has 1 N–H and O–H groups in total. The molecule has 1 aromatic carbocycles. The maximum Gasteiger partial charge on any atom is 0.325 e. The van der Waals surface area contributed by atoms with Crippen molar-refractivity contribution in [3.8, 4) is 11.4 Å². The van der Waals surface area contributed by atoms with E-state index in [2.05, 4.69) is 15.5 Å². The summed E-state index contributed by atoms with van der Waals surface area (Å²) in [6.07, 6.45) is 1.48. The number of urea groups is 1. The summed E-state index contributed by atoms with van der Waals surface area (Å²) < 4.78 is 10.2. The maximum atomic E-state index is 12.1. The summed E-state index contributed by atoms with van der Waals surface area (Å²) in [5.41, 5.74) is 2.10. The third-order valence-electron chi connectivity index (χ3n) is 4.57. The van der Waals surface area contributed by atoms with Gasteiger partial charge in [-0.25, -0.2) is 4.79 Å². The van der Waals surface area contributed by atoms with Crippen molar-refractivity contribution in [2.45, 2.75) is 32.6 Å². The number of rotatable bonds is 5. The minimum atomic E-state index is -0.435. The van der Waals surface area contributed by atoms with Crippen LogP contribution in [0.4, 0.5) is 4.79 Å². The van der Waals surface area contributed by atoms with E-state index in [-0.39, 0.29) is 18.5 Å². The van der Waals surface area contributed by atoms with Gasteiger partial charge in [0, 0.05) is 24.6 Å². The Hall–Kier alpha value is -2.90. The van der Waals surface area contributed by atoms with Crippen molar-refractivity contribution in [1.82, 2.24) is 20.4 Å². The van der Waals surface area contributed by atoms with E-state index in [1.54, 1.807) is 11.8 Å². The largest absolute Gasteiger partial charge is 0.465 e. The number of piperidine rings is 1. The first kappa shape index (κ1) is 18.9. The third kappa shape index (κ3) is 4.84. The van der Waals surface area contributed by atoms with E-state index in [9.17, 15) is 9.59 Å². The Balaban J connectivity index is 1.51. The van der Waals surface area contributed by atoms with Gasteiger partial charge in [0.05, 0.1) is 6.61 Å². The smallest absolute Gasteiger partial charge is 0.325 e. The average molecular weight is 372 g/mol. The van der Waals surface area contributed by atoms with Crippen molar-refractivity contribution in [1.29, 1.82) is 0 Å². The predicted molar refractivity (Wildman–Crippen MR) is 98.1 cm³/mol. The van der Waals surface area contributed by atoms with Gasteiger partial charge >= 0.3 is 12.0 Å². The highest BCUT2D eigenvalue weighted by Gasteiger charge is 2.27. The van der Waals surface area contributed by atoms with Crippen LogP contribution in [0, 0.1) is 6.92 Å². The molecular formula is C19H24N4O4. The molecule has 1 aliphatic heterocycles. The lowest BCUT2D eigenvalue weighted by molar-refractivity contribution is -0.141. The lowest BCUT2D eigenvalue weighted by Gasteiger charge is -2.30. The Kier molecular flexibility index (Phi) is 6.05. The Bertz CT molecular complexity index is 779. The number of amides is 2. The minimum absolute atomic E-state index is 0.115. The molecule has 144 valence electrons. The van der Waals surface area contributed by atoms with E-state index in [1.807, 2.05) is 31.2 Å². The lowest BCUT2D eigenvalue weighted by Crippen LogP contribution is -2.45. The zero-order valence-electron chi connectivity index (χ0n) is 15.6. The van der Waals surface area contributed by atoms with Crippen molar-refractivity contribution < 1.29 is 18.8 Å². The Morgan fingerprint density at radius 2 is 1.96 bits per heavy atom. The van der Waals surface area contributed by atoms with Crippen molar-refractivity contribution in [3.63, 3.8) is 0 Å². The number of carbonyl (C=O) groups excluding carboxylic acids is 2. The Labute approximate surface area is 157 Å². The van der Waals surface area contributed by atoms with Gasteiger partial charge < -0.3 is 19.5 Å². The van der Waals surface area contributed by atoms with Crippen LogP contribution in [-0.2, 0) is 9.53 Å². The first-order valence-electron chi connectivity index (χ1n) is 9.16. The number of aryl methyl sites for hydroxylation is 1.